The normalized spacial score (nSPS) is 12.5. The van der Waals surface area contributed by atoms with Gasteiger partial charge in [-0.05, 0) is 120 Å². The van der Waals surface area contributed by atoms with E-state index in [1.54, 1.807) is 7.11 Å². The minimum Gasteiger partial charge on any atom is -0.497 e. The molecule has 0 atom stereocenters. The van der Waals surface area contributed by atoms with Crippen molar-refractivity contribution in [2.75, 3.05) is 16.9 Å². The number of methoxy groups -OCH3 is 1. The molecule has 5 heteroatoms. The largest absolute Gasteiger partial charge is 0.497 e. The molecule has 13 aromatic carbocycles. The van der Waals surface area contributed by atoms with Gasteiger partial charge in [-0.1, -0.05) is 269 Å². The van der Waals surface area contributed by atoms with E-state index >= 15 is 0 Å². The summed E-state index contributed by atoms with van der Waals surface area (Å²) >= 11 is 0. The van der Waals surface area contributed by atoms with Crippen molar-refractivity contribution in [1.82, 2.24) is 4.57 Å². The van der Waals surface area contributed by atoms with Crippen LogP contribution in [0.15, 0.2) is 303 Å². The van der Waals surface area contributed by atoms with Gasteiger partial charge in [0.05, 0.1) is 35.2 Å². The Morgan fingerprint density at radius 2 is 0.727 bits per heavy atom. The molecule has 16 rings (SSSR count). The van der Waals surface area contributed by atoms with Crippen LogP contribution in [0.25, 0.3) is 94.3 Å². The molecule has 0 unspecified atom stereocenters. The standard InChI is InChI=1S/C83H62BN3O/c1-83(2,3)63-43-48-74-71(51-63)70-45-44-65(88-4)54-77(70)85(74)64-52-78-80-79(53-64)87(82-68(59-33-19-9-20-34-59)39-24-40-69(82)60-35-21-10-22-36-60)76-47-42-62(56-27-13-6-14-28-56)50-73(76)84(80)72-49-61(55-25-11-5-12-26-55)41-46-75(72)86(78)81-66(57-29-15-7-16-30-57)37-23-38-67(81)58-31-17-8-18-32-58/h5-54H,1-4H3. The van der Waals surface area contributed by atoms with Gasteiger partial charge < -0.3 is 19.1 Å². The van der Waals surface area contributed by atoms with Crippen LogP contribution in [0.3, 0.4) is 0 Å². The Morgan fingerprint density at radius 3 is 1.12 bits per heavy atom. The zero-order valence-corrected chi connectivity index (χ0v) is 49.7. The van der Waals surface area contributed by atoms with Crippen molar-refractivity contribution in [2.45, 2.75) is 26.2 Å². The van der Waals surface area contributed by atoms with Crippen molar-refractivity contribution in [3.63, 3.8) is 0 Å². The predicted octanol–water partition coefficient (Wildman–Crippen LogP) is 20.2. The predicted molar refractivity (Wildman–Crippen MR) is 373 cm³/mol. The Morgan fingerprint density at radius 1 is 0.318 bits per heavy atom. The number of para-hydroxylation sites is 2. The number of hydrogen-bond donors (Lipinski definition) is 0. The summed E-state index contributed by atoms with van der Waals surface area (Å²) in [6.07, 6.45) is 0. The van der Waals surface area contributed by atoms with Crippen LogP contribution in [0.2, 0.25) is 0 Å². The summed E-state index contributed by atoms with van der Waals surface area (Å²) in [5.41, 5.74) is 28.5. The van der Waals surface area contributed by atoms with Crippen molar-refractivity contribution in [2.24, 2.45) is 0 Å². The molecular weight excluding hydrogens is 1070 g/mol. The third-order valence-corrected chi connectivity index (χ3v) is 18.2. The number of fused-ring (bicyclic) bond motifs is 7. The fourth-order valence-corrected chi connectivity index (χ4v) is 14.1. The molecule has 2 aliphatic heterocycles. The molecule has 14 aromatic rings. The van der Waals surface area contributed by atoms with Gasteiger partial charge in [0.2, 0.25) is 0 Å². The van der Waals surface area contributed by atoms with E-state index in [-0.39, 0.29) is 12.1 Å². The molecule has 0 radical (unpaired) electrons. The quantitative estimate of drug-likeness (QED) is 0.127. The average molecular weight is 1130 g/mol. The molecule has 4 nitrogen and oxygen atoms in total. The van der Waals surface area contributed by atoms with Gasteiger partial charge in [0.25, 0.3) is 6.71 Å². The first-order valence-corrected chi connectivity index (χ1v) is 30.5. The fourth-order valence-electron chi connectivity index (χ4n) is 14.1. The first-order valence-electron chi connectivity index (χ1n) is 30.5. The Hall–Kier alpha value is -10.9. The Labute approximate surface area is 515 Å². The maximum Gasteiger partial charge on any atom is 0.252 e. The maximum absolute atomic E-state index is 6.15. The molecule has 0 saturated heterocycles. The SMILES string of the molecule is COc1ccc2c3cc(C(C)(C)C)ccc3n(-c3cc4c5c(c3)N(c3c(-c6ccccc6)cccc3-c3ccccc3)c3ccc(-c6ccccc6)cc3B5c3cc(-c5ccccc5)ccc3N4c3c(-c4ccccc4)cccc3-c3ccccc3)c2c1. The van der Waals surface area contributed by atoms with Crippen LogP contribution < -0.4 is 30.9 Å². The minimum atomic E-state index is -0.232. The zero-order valence-electron chi connectivity index (χ0n) is 49.7. The molecule has 88 heavy (non-hydrogen) atoms. The van der Waals surface area contributed by atoms with E-state index in [2.05, 4.69) is 338 Å². The van der Waals surface area contributed by atoms with Gasteiger partial charge in [0.15, 0.2) is 0 Å². The van der Waals surface area contributed by atoms with Crippen LogP contribution in [0.4, 0.5) is 34.1 Å². The average Bonchev–Trinajstić information content (AvgIpc) is 0.741. The second-order valence-electron chi connectivity index (χ2n) is 24.3. The highest BCUT2D eigenvalue weighted by atomic mass is 16.5. The van der Waals surface area contributed by atoms with Gasteiger partial charge in [-0.2, -0.15) is 0 Å². The number of anilines is 6. The summed E-state index contributed by atoms with van der Waals surface area (Å²) in [6.45, 7) is 6.68. The van der Waals surface area contributed by atoms with Gasteiger partial charge in [0, 0.05) is 61.8 Å². The van der Waals surface area contributed by atoms with Gasteiger partial charge >= 0.3 is 0 Å². The van der Waals surface area contributed by atoms with Crippen molar-refractivity contribution in [3.8, 4) is 78.2 Å². The molecule has 418 valence electrons. The lowest BCUT2D eigenvalue weighted by molar-refractivity contribution is 0.415. The zero-order chi connectivity index (χ0) is 59.0. The first kappa shape index (κ1) is 52.7. The molecule has 0 aliphatic carbocycles. The third-order valence-electron chi connectivity index (χ3n) is 18.2. The van der Waals surface area contributed by atoms with Gasteiger partial charge in [0.1, 0.15) is 5.75 Å². The highest BCUT2D eigenvalue weighted by Gasteiger charge is 2.46. The molecule has 2 aliphatic rings. The summed E-state index contributed by atoms with van der Waals surface area (Å²) in [5.74, 6) is 0.801. The second kappa shape index (κ2) is 21.3. The summed E-state index contributed by atoms with van der Waals surface area (Å²) in [4.78, 5) is 5.29. The van der Waals surface area contributed by atoms with Gasteiger partial charge in [-0.15, -0.1) is 0 Å². The molecule has 0 bridgehead atoms. The lowest BCUT2D eigenvalue weighted by Gasteiger charge is -2.46. The van der Waals surface area contributed by atoms with E-state index in [1.165, 1.54) is 55.0 Å². The first-order chi connectivity index (χ1) is 43.3. The lowest BCUT2D eigenvalue weighted by atomic mass is 9.33. The summed E-state index contributed by atoms with van der Waals surface area (Å²) in [7, 11) is 1.77. The molecule has 0 N–H and O–H groups in total. The highest BCUT2D eigenvalue weighted by molar-refractivity contribution is 7.00. The summed E-state index contributed by atoms with van der Waals surface area (Å²) < 4.78 is 8.65. The van der Waals surface area contributed by atoms with Crippen LogP contribution in [0, 0.1) is 0 Å². The van der Waals surface area contributed by atoms with Gasteiger partial charge in [-0.3, -0.25) is 0 Å². The topological polar surface area (TPSA) is 20.6 Å². The monoisotopic (exact) mass is 1130 g/mol. The molecule has 0 fully saturated rings. The molecule has 3 heterocycles. The van der Waals surface area contributed by atoms with E-state index in [0.29, 0.717) is 0 Å². The van der Waals surface area contributed by atoms with E-state index in [9.17, 15) is 0 Å². The Kier molecular flexibility index (Phi) is 12.7. The summed E-state index contributed by atoms with van der Waals surface area (Å²) in [5, 5.41) is 2.36. The van der Waals surface area contributed by atoms with Gasteiger partial charge in [-0.25, -0.2) is 0 Å². The number of rotatable bonds is 10. The number of benzene rings is 13. The molecule has 0 amide bonds. The van der Waals surface area contributed by atoms with Crippen LogP contribution in [-0.2, 0) is 5.41 Å². The highest BCUT2D eigenvalue weighted by Crippen LogP contribution is 2.54. The van der Waals surface area contributed by atoms with E-state index in [1.807, 2.05) is 0 Å². The lowest BCUT2D eigenvalue weighted by Crippen LogP contribution is -2.61. The Bertz CT molecular complexity index is 4620. The second-order valence-corrected chi connectivity index (χ2v) is 24.3. The Balaban J connectivity index is 1.12. The molecular formula is C83H62BN3O. The van der Waals surface area contributed by atoms with E-state index in [4.69, 9.17) is 4.74 Å². The fraction of sp³-hybridized carbons (Fsp3) is 0.0602. The van der Waals surface area contributed by atoms with E-state index < -0.39 is 0 Å². The van der Waals surface area contributed by atoms with Crippen LogP contribution >= 0.6 is 0 Å². The third kappa shape index (κ3) is 8.76. The van der Waals surface area contributed by atoms with Crippen molar-refractivity contribution in [3.05, 3.63) is 309 Å². The molecule has 1 aromatic heterocycles. The molecule has 0 saturated carbocycles. The minimum absolute atomic E-state index is 0.0756. The molecule has 0 spiro atoms. The van der Waals surface area contributed by atoms with Crippen LogP contribution in [-0.4, -0.2) is 18.4 Å². The van der Waals surface area contributed by atoms with Crippen LogP contribution in [0.1, 0.15) is 26.3 Å². The number of hydrogen-bond acceptors (Lipinski definition) is 3. The van der Waals surface area contributed by atoms with Crippen LogP contribution in [0.5, 0.6) is 5.75 Å². The van der Waals surface area contributed by atoms with E-state index in [0.717, 1.165) is 101 Å². The number of nitrogens with zero attached hydrogens (tertiary/aromatic N) is 3. The smallest absolute Gasteiger partial charge is 0.252 e. The maximum atomic E-state index is 6.15. The van der Waals surface area contributed by atoms with Crippen molar-refractivity contribution < 1.29 is 4.74 Å². The number of aromatic nitrogens is 1. The van der Waals surface area contributed by atoms with Crippen molar-refractivity contribution in [1.29, 1.82) is 0 Å². The van der Waals surface area contributed by atoms with Crippen molar-refractivity contribution >= 4 is 79.0 Å². The number of ether oxygens (including phenoxy) is 1. The summed E-state index contributed by atoms with van der Waals surface area (Å²) in [6, 6.07) is 113.